The van der Waals surface area contributed by atoms with Gasteiger partial charge in [0, 0.05) is 12.3 Å². The summed E-state index contributed by atoms with van der Waals surface area (Å²) in [5.74, 6) is -0.709. The second kappa shape index (κ2) is 5.77. The van der Waals surface area contributed by atoms with Crippen molar-refractivity contribution in [3.63, 3.8) is 0 Å². The number of nitrogens with one attached hydrogen (secondary N) is 2. The monoisotopic (exact) mass is 255 g/mol. The summed E-state index contributed by atoms with van der Waals surface area (Å²) in [7, 11) is 0. The number of rotatable bonds is 4. The Bertz CT molecular complexity index is 632. The van der Waals surface area contributed by atoms with Gasteiger partial charge in [-0.05, 0) is 16.8 Å². The van der Waals surface area contributed by atoms with Crippen LogP contribution in [-0.4, -0.2) is 25.1 Å². The molecule has 0 fully saturated rings. The lowest BCUT2D eigenvalue weighted by atomic mass is 10.0. The van der Waals surface area contributed by atoms with Crippen molar-refractivity contribution in [1.29, 1.82) is 0 Å². The maximum absolute atomic E-state index is 12.0. The quantitative estimate of drug-likeness (QED) is 0.638. The number of carbonyl (C=O) groups excluding carboxylic acids is 2. The molecule has 0 aliphatic carbocycles. The molecule has 0 aliphatic heterocycles. The molecule has 0 saturated heterocycles. The number of hydrogen-bond acceptors (Lipinski definition) is 3. The van der Waals surface area contributed by atoms with Crippen LogP contribution in [0, 0.1) is 0 Å². The predicted molar refractivity (Wildman–Crippen MR) is 74.0 cm³/mol. The van der Waals surface area contributed by atoms with Crippen LogP contribution in [-0.2, 0) is 4.79 Å². The highest BCUT2D eigenvalue weighted by atomic mass is 16.2. The Morgan fingerprint density at radius 1 is 1.11 bits per heavy atom. The fraction of sp³-hybridized carbons (Fsp3) is 0.0714. The van der Waals surface area contributed by atoms with Crippen LogP contribution in [0.2, 0.25) is 0 Å². The minimum atomic E-state index is -0.413. The normalized spacial score (nSPS) is 9.89. The molecule has 0 atom stereocenters. The van der Waals surface area contributed by atoms with Crippen LogP contribution < -0.4 is 10.7 Å². The van der Waals surface area contributed by atoms with Crippen LogP contribution in [0.4, 0.5) is 0 Å². The van der Waals surface area contributed by atoms with Gasteiger partial charge in [0.2, 0.25) is 0 Å². The first-order valence-electron chi connectivity index (χ1n) is 5.73. The van der Waals surface area contributed by atoms with Gasteiger partial charge in [-0.15, -0.1) is 0 Å². The molecule has 0 aliphatic rings. The van der Waals surface area contributed by atoms with Gasteiger partial charge in [0.05, 0.1) is 6.54 Å². The van der Waals surface area contributed by atoms with E-state index >= 15 is 0 Å². The van der Waals surface area contributed by atoms with E-state index < -0.39 is 5.91 Å². The molecule has 0 radical (unpaired) electrons. The summed E-state index contributed by atoms with van der Waals surface area (Å²) in [5, 5.41) is 7.60. The van der Waals surface area contributed by atoms with Crippen molar-refractivity contribution in [1.82, 2.24) is 10.7 Å². The molecule has 0 unspecified atom stereocenters. The van der Waals surface area contributed by atoms with E-state index in [4.69, 9.17) is 0 Å². The van der Waals surface area contributed by atoms with Crippen LogP contribution in [0.25, 0.3) is 10.8 Å². The van der Waals surface area contributed by atoms with E-state index in [9.17, 15) is 9.59 Å². The van der Waals surface area contributed by atoms with E-state index in [1.807, 2.05) is 36.4 Å². The van der Waals surface area contributed by atoms with Crippen LogP contribution in [0.1, 0.15) is 10.4 Å². The smallest absolute Gasteiger partial charge is 0.259 e. The Morgan fingerprint density at radius 2 is 1.84 bits per heavy atom. The second-order valence-electron chi connectivity index (χ2n) is 3.90. The molecule has 96 valence electrons. The highest BCUT2D eigenvalue weighted by molar-refractivity contribution is 6.07. The molecule has 0 aromatic heterocycles. The molecule has 2 rings (SSSR count). The lowest BCUT2D eigenvalue weighted by Gasteiger charge is -2.07. The van der Waals surface area contributed by atoms with E-state index in [1.54, 1.807) is 6.07 Å². The first-order chi connectivity index (χ1) is 9.22. The van der Waals surface area contributed by atoms with Crippen molar-refractivity contribution in [2.24, 2.45) is 5.10 Å². The fourth-order valence-corrected chi connectivity index (χ4v) is 1.81. The Hall–Kier alpha value is -2.69. The Balaban J connectivity index is 2.17. The SMILES string of the molecule is C=NNC(=O)CNC(=O)c1cccc2ccccc12. The second-order valence-corrected chi connectivity index (χ2v) is 3.90. The molecule has 2 N–H and O–H groups in total. The highest BCUT2D eigenvalue weighted by Crippen LogP contribution is 2.18. The molecular weight excluding hydrogens is 242 g/mol. The molecule has 0 bridgehead atoms. The third-order valence-electron chi connectivity index (χ3n) is 2.65. The third-order valence-corrected chi connectivity index (χ3v) is 2.65. The molecule has 0 heterocycles. The molecule has 5 nitrogen and oxygen atoms in total. The molecular formula is C14H13N3O2. The summed E-state index contributed by atoms with van der Waals surface area (Å²) >= 11 is 0. The van der Waals surface area contributed by atoms with Crippen molar-refractivity contribution in [2.45, 2.75) is 0 Å². The van der Waals surface area contributed by atoms with Crippen molar-refractivity contribution in [2.75, 3.05) is 6.54 Å². The van der Waals surface area contributed by atoms with E-state index in [-0.39, 0.29) is 12.5 Å². The number of fused-ring (bicyclic) bond motifs is 1. The number of amides is 2. The van der Waals surface area contributed by atoms with Gasteiger partial charge in [-0.1, -0.05) is 36.4 Å². The van der Waals surface area contributed by atoms with E-state index in [2.05, 4.69) is 22.6 Å². The highest BCUT2D eigenvalue weighted by Gasteiger charge is 2.10. The largest absolute Gasteiger partial charge is 0.343 e. The van der Waals surface area contributed by atoms with E-state index in [0.717, 1.165) is 10.8 Å². The topological polar surface area (TPSA) is 70.6 Å². The fourth-order valence-electron chi connectivity index (χ4n) is 1.81. The van der Waals surface area contributed by atoms with Gasteiger partial charge in [-0.2, -0.15) is 5.10 Å². The van der Waals surface area contributed by atoms with Crippen LogP contribution in [0.15, 0.2) is 47.6 Å². The number of hydrazone groups is 1. The van der Waals surface area contributed by atoms with Gasteiger partial charge in [0.1, 0.15) is 0 Å². The molecule has 2 aromatic rings. The van der Waals surface area contributed by atoms with Crippen molar-refractivity contribution in [3.05, 3.63) is 48.0 Å². The average Bonchev–Trinajstić information content (AvgIpc) is 2.44. The summed E-state index contributed by atoms with van der Waals surface area (Å²) in [6.07, 6.45) is 0. The van der Waals surface area contributed by atoms with Gasteiger partial charge in [-0.3, -0.25) is 9.59 Å². The third kappa shape index (κ3) is 2.95. The lowest BCUT2D eigenvalue weighted by molar-refractivity contribution is -0.120. The summed E-state index contributed by atoms with van der Waals surface area (Å²) in [5.41, 5.74) is 2.69. The van der Waals surface area contributed by atoms with Gasteiger partial charge in [0.25, 0.3) is 11.8 Å². The number of nitrogens with zero attached hydrogens (tertiary/aromatic N) is 1. The maximum Gasteiger partial charge on any atom is 0.259 e. The van der Waals surface area contributed by atoms with Crippen LogP contribution in [0.5, 0.6) is 0 Å². The lowest BCUT2D eigenvalue weighted by Crippen LogP contribution is -2.34. The van der Waals surface area contributed by atoms with Crippen LogP contribution in [0.3, 0.4) is 0 Å². The first-order valence-corrected chi connectivity index (χ1v) is 5.73. The average molecular weight is 255 g/mol. The Labute approximate surface area is 110 Å². The minimum absolute atomic E-state index is 0.138. The molecule has 0 spiro atoms. The minimum Gasteiger partial charge on any atom is -0.343 e. The van der Waals surface area contributed by atoms with E-state index in [1.165, 1.54) is 0 Å². The Kier molecular flexibility index (Phi) is 3.87. The zero-order chi connectivity index (χ0) is 13.7. The van der Waals surface area contributed by atoms with Crippen molar-refractivity contribution < 1.29 is 9.59 Å². The van der Waals surface area contributed by atoms with Crippen molar-refractivity contribution in [3.8, 4) is 0 Å². The molecule has 2 amide bonds. The Morgan fingerprint density at radius 3 is 2.63 bits per heavy atom. The number of carbonyl (C=O) groups is 2. The zero-order valence-corrected chi connectivity index (χ0v) is 10.2. The van der Waals surface area contributed by atoms with Gasteiger partial charge < -0.3 is 5.32 Å². The number of hydrogen-bond donors (Lipinski definition) is 2. The molecule has 2 aromatic carbocycles. The summed E-state index contributed by atoms with van der Waals surface area (Å²) in [6, 6.07) is 13.0. The number of benzene rings is 2. The van der Waals surface area contributed by atoms with Crippen LogP contribution >= 0.6 is 0 Å². The molecule has 5 heteroatoms. The van der Waals surface area contributed by atoms with Crippen molar-refractivity contribution >= 4 is 29.3 Å². The van der Waals surface area contributed by atoms with Gasteiger partial charge >= 0.3 is 0 Å². The summed E-state index contributed by atoms with van der Waals surface area (Å²) in [6.45, 7) is 2.99. The molecule has 19 heavy (non-hydrogen) atoms. The van der Waals surface area contributed by atoms with Gasteiger partial charge in [0.15, 0.2) is 0 Å². The summed E-state index contributed by atoms with van der Waals surface area (Å²) < 4.78 is 0. The maximum atomic E-state index is 12.0. The first kappa shape index (κ1) is 12.8. The standard InChI is InChI=1S/C14H13N3O2/c1-15-17-13(18)9-16-14(19)12-8-4-6-10-5-2-3-7-11(10)12/h2-8H,1,9H2,(H,16,19)(H,17,18). The predicted octanol–water partition coefficient (Wildman–Crippen LogP) is 1.30. The zero-order valence-electron chi connectivity index (χ0n) is 10.2. The van der Waals surface area contributed by atoms with Gasteiger partial charge in [-0.25, -0.2) is 5.43 Å². The summed E-state index contributed by atoms with van der Waals surface area (Å²) in [4.78, 5) is 23.2. The molecule has 0 saturated carbocycles. The van der Waals surface area contributed by atoms with E-state index in [0.29, 0.717) is 5.56 Å².